The van der Waals surface area contributed by atoms with E-state index < -0.39 is 23.6 Å². The molecule has 150 valence electrons. The van der Waals surface area contributed by atoms with Crippen molar-refractivity contribution >= 4 is 17.5 Å². The Bertz CT molecular complexity index is 1010. The fourth-order valence-electron chi connectivity index (χ4n) is 2.50. The lowest BCUT2D eigenvalue weighted by Gasteiger charge is -2.15. The van der Waals surface area contributed by atoms with Gasteiger partial charge in [0.2, 0.25) is 0 Å². The van der Waals surface area contributed by atoms with E-state index >= 15 is 0 Å². The van der Waals surface area contributed by atoms with Gasteiger partial charge in [0.25, 0.3) is 11.8 Å². The van der Waals surface area contributed by atoms with Crippen LogP contribution in [0.2, 0.25) is 0 Å². The standard InChI is InChI=1S/C21H18F2N2O4/c1-13(29-16-7-8-17(22)18(23)11-16)20(26)24-12-14-4-2-5-15(10-14)25-21(27)19-6-3-9-28-19/h2-11,13H,12H2,1H3,(H,24,26)(H,25,27). The molecule has 2 aromatic carbocycles. The number of furan rings is 1. The maximum Gasteiger partial charge on any atom is 0.291 e. The topological polar surface area (TPSA) is 80.6 Å². The van der Waals surface area contributed by atoms with Crippen molar-refractivity contribution in [3.63, 3.8) is 0 Å². The first-order valence-electron chi connectivity index (χ1n) is 8.75. The molecule has 0 bridgehead atoms. The van der Waals surface area contributed by atoms with E-state index in [1.165, 1.54) is 19.3 Å². The minimum absolute atomic E-state index is 0.0502. The number of benzene rings is 2. The van der Waals surface area contributed by atoms with Crippen LogP contribution in [0.25, 0.3) is 0 Å². The molecule has 0 fully saturated rings. The van der Waals surface area contributed by atoms with Crippen LogP contribution in [-0.2, 0) is 11.3 Å². The number of anilines is 1. The van der Waals surface area contributed by atoms with Crippen molar-refractivity contribution in [3.8, 4) is 5.75 Å². The summed E-state index contributed by atoms with van der Waals surface area (Å²) < 4.78 is 36.6. The Morgan fingerprint density at radius 3 is 2.62 bits per heavy atom. The summed E-state index contributed by atoms with van der Waals surface area (Å²) in [6.07, 6.45) is 0.492. The summed E-state index contributed by atoms with van der Waals surface area (Å²) >= 11 is 0. The van der Waals surface area contributed by atoms with Crippen LogP contribution in [0.1, 0.15) is 23.0 Å². The van der Waals surface area contributed by atoms with E-state index in [9.17, 15) is 18.4 Å². The number of halogens is 2. The van der Waals surface area contributed by atoms with Gasteiger partial charge in [-0.05, 0) is 48.9 Å². The summed E-state index contributed by atoms with van der Waals surface area (Å²) in [6, 6.07) is 13.2. The smallest absolute Gasteiger partial charge is 0.291 e. The zero-order valence-electron chi connectivity index (χ0n) is 15.4. The van der Waals surface area contributed by atoms with Crippen molar-refractivity contribution < 1.29 is 27.5 Å². The molecule has 29 heavy (non-hydrogen) atoms. The Morgan fingerprint density at radius 1 is 1.07 bits per heavy atom. The average molecular weight is 400 g/mol. The van der Waals surface area contributed by atoms with E-state index in [1.54, 1.807) is 36.4 Å². The first-order valence-corrected chi connectivity index (χ1v) is 8.75. The fraction of sp³-hybridized carbons (Fsp3) is 0.143. The highest BCUT2D eigenvalue weighted by atomic mass is 19.2. The number of nitrogens with one attached hydrogen (secondary N) is 2. The molecule has 0 saturated carbocycles. The number of hydrogen-bond acceptors (Lipinski definition) is 4. The quantitative estimate of drug-likeness (QED) is 0.631. The Morgan fingerprint density at radius 2 is 1.90 bits per heavy atom. The lowest BCUT2D eigenvalue weighted by molar-refractivity contribution is -0.127. The van der Waals surface area contributed by atoms with Crippen LogP contribution in [-0.4, -0.2) is 17.9 Å². The molecule has 3 aromatic rings. The molecule has 2 amide bonds. The molecule has 1 unspecified atom stereocenters. The molecule has 6 nitrogen and oxygen atoms in total. The number of carbonyl (C=O) groups is 2. The van der Waals surface area contributed by atoms with Crippen LogP contribution in [0.3, 0.4) is 0 Å². The second-order valence-electron chi connectivity index (χ2n) is 6.19. The highest BCUT2D eigenvalue weighted by Crippen LogP contribution is 2.17. The van der Waals surface area contributed by atoms with Crippen molar-refractivity contribution in [3.05, 3.63) is 83.8 Å². The molecule has 1 heterocycles. The van der Waals surface area contributed by atoms with E-state index in [0.717, 1.165) is 17.7 Å². The Hall–Kier alpha value is -3.68. The summed E-state index contributed by atoms with van der Waals surface area (Å²) in [5.74, 6) is -2.62. The first-order chi connectivity index (χ1) is 13.9. The molecule has 8 heteroatoms. The molecule has 0 saturated heterocycles. The van der Waals surface area contributed by atoms with E-state index in [0.29, 0.717) is 5.69 Å². The molecular weight excluding hydrogens is 382 g/mol. The van der Waals surface area contributed by atoms with E-state index in [2.05, 4.69) is 10.6 Å². The summed E-state index contributed by atoms with van der Waals surface area (Å²) in [6.45, 7) is 1.69. The van der Waals surface area contributed by atoms with E-state index in [4.69, 9.17) is 9.15 Å². The maximum atomic E-state index is 13.2. The van der Waals surface area contributed by atoms with Crippen LogP contribution in [0, 0.1) is 11.6 Å². The van der Waals surface area contributed by atoms with Crippen molar-refractivity contribution in [1.29, 1.82) is 0 Å². The maximum absolute atomic E-state index is 13.2. The van der Waals surface area contributed by atoms with Gasteiger partial charge in [0, 0.05) is 18.3 Å². The molecule has 3 rings (SSSR count). The number of ether oxygens (including phenoxy) is 1. The summed E-state index contributed by atoms with van der Waals surface area (Å²) in [5, 5.41) is 5.39. The van der Waals surface area contributed by atoms with Gasteiger partial charge >= 0.3 is 0 Å². The Kier molecular flexibility index (Phi) is 6.23. The summed E-state index contributed by atoms with van der Waals surface area (Å²) in [5.41, 5.74) is 1.29. The number of amides is 2. The summed E-state index contributed by atoms with van der Waals surface area (Å²) in [4.78, 5) is 24.2. The van der Waals surface area contributed by atoms with E-state index in [1.807, 2.05) is 0 Å². The monoisotopic (exact) mass is 400 g/mol. The van der Waals surface area contributed by atoms with Crippen LogP contribution in [0.4, 0.5) is 14.5 Å². The second kappa shape index (κ2) is 9.01. The van der Waals surface area contributed by atoms with Crippen molar-refractivity contribution in [2.75, 3.05) is 5.32 Å². The second-order valence-corrected chi connectivity index (χ2v) is 6.19. The van der Waals surface area contributed by atoms with Gasteiger partial charge in [-0.25, -0.2) is 8.78 Å². The number of carbonyl (C=O) groups excluding carboxylic acids is 2. The van der Waals surface area contributed by atoms with Gasteiger partial charge in [0.05, 0.1) is 6.26 Å². The van der Waals surface area contributed by atoms with Crippen LogP contribution >= 0.6 is 0 Å². The molecule has 0 aliphatic carbocycles. The van der Waals surface area contributed by atoms with Gasteiger partial charge in [0.1, 0.15) is 5.75 Å². The summed E-state index contributed by atoms with van der Waals surface area (Å²) in [7, 11) is 0. The minimum atomic E-state index is -1.05. The lowest BCUT2D eigenvalue weighted by atomic mass is 10.2. The molecule has 1 atom stereocenters. The van der Waals surface area contributed by atoms with Gasteiger partial charge in [0.15, 0.2) is 23.5 Å². The predicted octanol–water partition coefficient (Wildman–Crippen LogP) is 3.89. The average Bonchev–Trinajstić information content (AvgIpc) is 3.24. The van der Waals surface area contributed by atoms with Crippen molar-refractivity contribution in [2.24, 2.45) is 0 Å². The highest BCUT2D eigenvalue weighted by molar-refractivity contribution is 6.02. The largest absolute Gasteiger partial charge is 0.481 e. The lowest BCUT2D eigenvalue weighted by Crippen LogP contribution is -2.35. The molecule has 0 aliphatic rings. The molecule has 0 aliphatic heterocycles. The van der Waals surface area contributed by atoms with Crippen LogP contribution in [0.15, 0.2) is 65.3 Å². The van der Waals surface area contributed by atoms with Gasteiger partial charge < -0.3 is 19.8 Å². The highest BCUT2D eigenvalue weighted by Gasteiger charge is 2.16. The Labute approximate surface area is 165 Å². The van der Waals surface area contributed by atoms with E-state index in [-0.39, 0.29) is 24.0 Å². The van der Waals surface area contributed by atoms with Gasteiger partial charge in [-0.3, -0.25) is 9.59 Å². The SMILES string of the molecule is CC(Oc1ccc(F)c(F)c1)C(=O)NCc1cccc(NC(=O)c2ccco2)c1. The third-order valence-corrected chi connectivity index (χ3v) is 3.97. The first kappa shape index (κ1) is 20.1. The van der Waals surface area contributed by atoms with Crippen LogP contribution in [0.5, 0.6) is 5.75 Å². The van der Waals surface area contributed by atoms with Gasteiger partial charge in [-0.15, -0.1) is 0 Å². The third kappa shape index (κ3) is 5.41. The molecule has 0 spiro atoms. The minimum Gasteiger partial charge on any atom is -0.481 e. The van der Waals surface area contributed by atoms with Crippen LogP contribution < -0.4 is 15.4 Å². The molecule has 0 radical (unpaired) electrons. The molecule has 1 aromatic heterocycles. The number of rotatable bonds is 7. The fourth-order valence-corrected chi connectivity index (χ4v) is 2.50. The van der Waals surface area contributed by atoms with Gasteiger partial charge in [-0.1, -0.05) is 12.1 Å². The zero-order chi connectivity index (χ0) is 20.8. The number of hydrogen-bond donors (Lipinski definition) is 2. The van der Waals surface area contributed by atoms with Crippen molar-refractivity contribution in [1.82, 2.24) is 5.32 Å². The van der Waals surface area contributed by atoms with Gasteiger partial charge in [-0.2, -0.15) is 0 Å². The zero-order valence-corrected chi connectivity index (χ0v) is 15.4. The molecule has 2 N–H and O–H groups in total. The predicted molar refractivity (Wildman–Crippen MR) is 101 cm³/mol. The molecular formula is C21H18F2N2O4. The third-order valence-electron chi connectivity index (χ3n) is 3.97. The normalized spacial score (nSPS) is 11.6. The Balaban J connectivity index is 1.54. The van der Waals surface area contributed by atoms with Crippen molar-refractivity contribution in [2.45, 2.75) is 19.6 Å².